The molecule has 1 unspecified atom stereocenters. The average molecular weight is 291 g/mol. The van der Waals surface area contributed by atoms with Crippen molar-refractivity contribution in [3.63, 3.8) is 0 Å². The molecule has 0 bridgehead atoms. The standard InChI is InChI=1S/C20H21NO/c1-2-3-10-17-13-15-8-4-6-11-18(15)20-21(17)19-12-7-5-9-16(19)14-22-20/h4-9,11-13,20H,2-3,10,14H2,1H3. The second kappa shape index (κ2) is 5.62. The first-order valence-electron chi connectivity index (χ1n) is 8.16. The molecular formula is C20H21NO. The summed E-state index contributed by atoms with van der Waals surface area (Å²) in [6, 6.07) is 17.2. The molecule has 2 aromatic rings. The summed E-state index contributed by atoms with van der Waals surface area (Å²) in [5.74, 6) is 0. The van der Waals surface area contributed by atoms with E-state index in [1.165, 1.54) is 40.9 Å². The number of nitrogens with zero attached hydrogens (tertiary/aromatic N) is 1. The third kappa shape index (κ3) is 2.15. The minimum absolute atomic E-state index is 0.0166. The molecular weight excluding hydrogens is 270 g/mol. The topological polar surface area (TPSA) is 12.5 Å². The molecule has 2 aliphatic rings. The fourth-order valence-electron chi connectivity index (χ4n) is 3.44. The van der Waals surface area contributed by atoms with Gasteiger partial charge in [-0.05, 0) is 30.5 Å². The van der Waals surface area contributed by atoms with Crippen LogP contribution in [0.15, 0.2) is 54.2 Å². The highest BCUT2D eigenvalue weighted by Crippen LogP contribution is 2.44. The van der Waals surface area contributed by atoms with Crippen molar-refractivity contribution in [1.29, 1.82) is 0 Å². The SMILES string of the molecule is CCCCC1=Cc2ccccc2C2OCc3ccccc3N12. The molecule has 0 amide bonds. The van der Waals surface area contributed by atoms with E-state index in [0.29, 0.717) is 6.61 Å². The number of benzene rings is 2. The summed E-state index contributed by atoms with van der Waals surface area (Å²) in [6.07, 6.45) is 5.87. The predicted octanol–water partition coefficient (Wildman–Crippen LogP) is 5.27. The molecule has 0 N–H and O–H groups in total. The maximum Gasteiger partial charge on any atom is 0.161 e. The Labute approximate surface area is 132 Å². The Kier molecular flexibility index (Phi) is 3.47. The Hall–Kier alpha value is -2.06. The van der Waals surface area contributed by atoms with Gasteiger partial charge < -0.3 is 9.64 Å². The van der Waals surface area contributed by atoms with Crippen LogP contribution in [0.2, 0.25) is 0 Å². The van der Waals surface area contributed by atoms with Crippen molar-refractivity contribution in [2.75, 3.05) is 4.90 Å². The van der Waals surface area contributed by atoms with E-state index in [4.69, 9.17) is 4.74 Å². The highest BCUT2D eigenvalue weighted by Gasteiger charge is 2.34. The predicted molar refractivity (Wildman–Crippen MR) is 90.4 cm³/mol. The van der Waals surface area contributed by atoms with Crippen LogP contribution in [0.4, 0.5) is 5.69 Å². The molecule has 2 aromatic carbocycles. The highest BCUT2D eigenvalue weighted by atomic mass is 16.5. The average Bonchev–Trinajstić information content (AvgIpc) is 2.59. The molecule has 0 aromatic heterocycles. The first-order chi connectivity index (χ1) is 10.9. The van der Waals surface area contributed by atoms with Crippen molar-refractivity contribution < 1.29 is 4.74 Å². The van der Waals surface area contributed by atoms with E-state index in [2.05, 4.69) is 66.4 Å². The Bertz CT molecular complexity index is 719. The van der Waals surface area contributed by atoms with Crippen molar-refractivity contribution in [2.45, 2.75) is 39.0 Å². The summed E-state index contributed by atoms with van der Waals surface area (Å²) in [7, 11) is 0. The van der Waals surface area contributed by atoms with Gasteiger partial charge in [0.15, 0.2) is 6.23 Å². The van der Waals surface area contributed by atoms with E-state index < -0.39 is 0 Å². The van der Waals surface area contributed by atoms with Crippen LogP contribution >= 0.6 is 0 Å². The van der Waals surface area contributed by atoms with E-state index in [1.54, 1.807) is 0 Å². The second-order valence-electron chi connectivity index (χ2n) is 6.03. The summed E-state index contributed by atoms with van der Waals surface area (Å²) >= 11 is 0. The van der Waals surface area contributed by atoms with Crippen LogP contribution in [0.5, 0.6) is 0 Å². The molecule has 2 nitrogen and oxygen atoms in total. The quantitative estimate of drug-likeness (QED) is 0.764. The van der Waals surface area contributed by atoms with Crippen LogP contribution in [0.1, 0.15) is 49.1 Å². The number of fused-ring (bicyclic) bond motifs is 5. The van der Waals surface area contributed by atoms with Gasteiger partial charge in [0.1, 0.15) is 0 Å². The largest absolute Gasteiger partial charge is 0.349 e. The van der Waals surface area contributed by atoms with Gasteiger partial charge in [-0.25, -0.2) is 0 Å². The smallest absolute Gasteiger partial charge is 0.161 e. The number of rotatable bonds is 3. The van der Waals surface area contributed by atoms with Gasteiger partial charge in [-0.2, -0.15) is 0 Å². The van der Waals surface area contributed by atoms with Crippen LogP contribution < -0.4 is 4.90 Å². The van der Waals surface area contributed by atoms with Gasteiger partial charge in [0, 0.05) is 22.5 Å². The number of hydrogen-bond donors (Lipinski definition) is 0. The molecule has 4 rings (SSSR count). The number of para-hydroxylation sites is 1. The second-order valence-corrected chi connectivity index (χ2v) is 6.03. The van der Waals surface area contributed by atoms with Crippen molar-refractivity contribution >= 4 is 11.8 Å². The molecule has 22 heavy (non-hydrogen) atoms. The lowest BCUT2D eigenvalue weighted by Crippen LogP contribution is -2.36. The van der Waals surface area contributed by atoms with Crippen molar-refractivity contribution in [1.82, 2.24) is 0 Å². The van der Waals surface area contributed by atoms with Gasteiger partial charge in [-0.1, -0.05) is 55.8 Å². The minimum Gasteiger partial charge on any atom is -0.349 e. The Balaban J connectivity index is 1.84. The van der Waals surface area contributed by atoms with E-state index in [9.17, 15) is 0 Å². The van der Waals surface area contributed by atoms with Crippen LogP contribution in [0, 0.1) is 0 Å². The minimum atomic E-state index is 0.0166. The number of ether oxygens (including phenoxy) is 1. The van der Waals surface area contributed by atoms with Gasteiger partial charge in [0.2, 0.25) is 0 Å². The molecule has 1 atom stereocenters. The Morgan fingerprint density at radius 3 is 2.82 bits per heavy atom. The van der Waals surface area contributed by atoms with Gasteiger partial charge >= 0.3 is 0 Å². The molecule has 0 spiro atoms. The molecule has 2 heteroatoms. The van der Waals surface area contributed by atoms with Crippen molar-refractivity contribution in [3.05, 3.63) is 70.9 Å². The monoisotopic (exact) mass is 291 g/mol. The summed E-state index contributed by atoms with van der Waals surface area (Å²) in [5.41, 5.74) is 6.53. The molecule has 0 aliphatic carbocycles. The zero-order valence-corrected chi connectivity index (χ0v) is 13.0. The number of anilines is 1. The van der Waals surface area contributed by atoms with Gasteiger partial charge in [0.25, 0.3) is 0 Å². The molecule has 0 fully saturated rings. The fourth-order valence-corrected chi connectivity index (χ4v) is 3.44. The van der Waals surface area contributed by atoms with Crippen molar-refractivity contribution in [3.8, 4) is 0 Å². The fraction of sp³-hybridized carbons (Fsp3) is 0.300. The first kappa shape index (κ1) is 13.6. The molecule has 0 radical (unpaired) electrons. The van der Waals surface area contributed by atoms with E-state index in [0.717, 1.165) is 6.42 Å². The Morgan fingerprint density at radius 2 is 1.91 bits per heavy atom. The maximum atomic E-state index is 6.23. The summed E-state index contributed by atoms with van der Waals surface area (Å²) in [6.45, 7) is 2.93. The number of hydrogen-bond acceptors (Lipinski definition) is 2. The van der Waals surface area contributed by atoms with E-state index in [1.807, 2.05) is 0 Å². The molecule has 2 heterocycles. The normalized spacial score (nSPS) is 19.0. The summed E-state index contributed by atoms with van der Waals surface area (Å²) in [5, 5.41) is 0. The van der Waals surface area contributed by atoms with E-state index >= 15 is 0 Å². The lowest BCUT2D eigenvalue weighted by atomic mass is 9.95. The summed E-state index contributed by atoms with van der Waals surface area (Å²) in [4.78, 5) is 2.40. The van der Waals surface area contributed by atoms with Crippen LogP contribution in [-0.2, 0) is 11.3 Å². The zero-order chi connectivity index (χ0) is 14.9. The van der Waals surface area contributed by atoms with Gasteiger partial charge in [-0.15, -0.1) is 0 Å². The third-order valence-electron chi connectivity index (χ3n) is 4.56. The third-order valence-corrected chi connectivity index (χ3v) is 4.56. The molecule has 112 valence electrons. The Morgan fingerprint density at radius 1 is 1.09 bits per heavy atom. The molecule has 2 aliphatic heterocycles. The van der Waals surface area contributed by atoms with Gasteiger partial charge in [-0.3, -0.25) is 0 Å². The lowest BCUT2D eigenvalue weighted by molar-refractivity contribution is 0.0302. The summed E-state index contributed by atoms with van der Waals surface area (Å²) < 4.78 is 6.23. The zero-order valence-electron chi connectivity index (χ0n) is 13.0. The number of allylic oxidation sites excluding steroid dienone is 1. The van der Waals surface area contributed by atoms with E-state index in [-0.39, 0.29) is 6.23 Å². The maximum absolute atomic E-state index is 6.23. The number of unbranched alkanes of at least 4 members (excludes halogenated alkanes) is 1. The van der Waals surface area contributed by atoms with Gasteiger partial charge in [0.05, 0.1) is 6.61 Å². The first-order valence-corrected chi connectivity index (χ1v) is 8.16. The highest BCUT2D eigenvalue weighted by molar-refractivity contribution is 5.71. The molecule has 0 saturated carbocycles. The molecule has 0 saturated heterocycles. The van der Waals surface area contributed by atoms with Crippen LogP contribution in [0.25, 0.3) is 6.08 Å². The lowest BCUT2D eigenvalue weighted by Gasteiger charge is -2.43. The van der Waals surface area contributed by atoms with Crippen molar-refractivity contribution in [2.24, 2.45) is 0 Å². The van der Waals surface area contributed by atoms with Crippen LogP contribution in [-0.4, -0.2) is 0 Å². The van der Waals surface area contributed by atoms with Crippen LogP contribution in [0.3, 0.4) is 0 Å².